The molecule has 1 N–H and O–H groups in total. The number of likely N-dealkylation sites (N-methyl/N-ethyl adjacent to an activating group) is 1. The molecule has 1 aliphatic heterocycles. The molecule has 1 aromatic heterocycles. The molecule has 0 spiro atoms. The van der Waals surface area contributed by atoms with Gasteiger partial charge in [0.05, 0.1) is 6.42 Å². The number of hydrogen-bond donors (Lipinski definition) is 1. The largest absolute Gasteiger partial charge is 0.476 e. The molecule has 1 atom stereocenters. The number of pyridine rings is 1. The average molecular weight is 483 g/mol. The number of carbonyl (C=O) groups is 1. The molecule has 2 fully saturated rings. The SMILES string of the molecule is C[C@H](NC(=O)Cc1ccc(-c2ccc(OCCN3CCN(C)CC3)nc2F)cc1)C1CCCCC1. The van der Waals surface area contributed by atoms with E-state index in [-0.39, 0.29) is 11.9 Å². The van der Waals surface area contributed by atoms with Crippen molar-refractivity contribution in [2.75, 3.05) is 46.4 Å². The van der Waals surface area contributed by atoms with Crippen LogP contribution in [0.15, 0.2) is 36.4 Å². The molecule has 35 heavy (non-hydrogen) atoms. The number of amides is 1. The van der Waals surface area contributed by atoms with Crippen LogP contribution >= 0.6 is 0 Å². The Bertz CT molecular complexity index is 954. The summed E-state index contributed by atoms with van der Waals surface area (Å²) < 4.78 is 20.4. The minimum Gasteiger partial charge on any atom is -0.476 e. The van der Waals surface area contributed by atoms with Crippen LogP contribution in [0.1, 0.15) is 44.6 Å². The maximum atomic E-state index is 14.7. The summed E-state index contributed by atoms with van der Waals surface area (Å²) in [7, 11) is 2.13. The number of rotatable bonds is 9. The van der Waals surface area contributed by atoms with E-state index in [0.717, 1.165) is 43.9 Å². The minimum atomic E-state index is -0.547. The van der Waals surface area contributed by atoms with E-state index in [1.165, 1.54) is 32.1 Å². The van der Waals surface area contributed by atoms with E-state index in [1.54, 1.807) is 12.1 Å². The van der Waals surface area contributed by atoms with Crippen molar-refractivity contribution in [1.82, 2.24) is 20.1 Å². The van der Waals surface area contributed by atoms with Crippen LogP contribution in [-0.2, 0) is 11.2 Å². The molecule has 1 amide bonds. The molecule has 2 aromatic rings. The molecule has 0 radical (unpaired) electrons. The Hall–Kier alpha value is -2.51. The van der Waals surface area contributed by atoms with Crippen LogP contribution in [0.3, 0.4) is 0 Å². The van der Waals surface area contributed by atoms with Gasteiger partial charge >= 0.3 is 0 Å². The van der Waals surface area contributed by atoms with Crippen LogP contribution < -0.4 is 10.1 Å². The van der Waals surface area contributed by atoms with Gasteiger partial charge in [0, 0.05) is 50.4 Å². The number of nitrogens with one attached hydrogen (secondary N) is 1. The fraction of sp³-hybridized carbons (Fsp3) is 0.571. The highest BCUT2D eigenvalue weighted by Crippen LogP contribution is 2.27. The van der Waals surface area contributed by atoms with Gasteiger partial charge < -0.3 is 15.0 Å². The summed E-state index contributed by atoms with van der Waals surface area (Å²) in [5.41, 5.74) is 2.08. The van der Waals surface area contributed by atoms with Crippen molar-refractivity contribution >= 4 is 5.91 Å². The molecule has 1 saturated heterocycles. The first-order valence-corrected chi connectivity index (χ1v) is 13.1. The monoisotopic (exact) mass is 482 g/mol. The Morgan fingerprint density at radius 3 is 2.49 bits per heavy atom. The van der Waals surface area contributed by atoms with Crippen LogP contribution in [0, 0.1) is 11.9 Å². The van der Waals surface area contributed by atoms with Crippen molar-refractivity contribution in [1.29, 1.82) is 0 Å². The van der Waals surface area contributed by atoms with E-state index in [1.807, 2.05) is 24.3 Å². The number of benzene rings is 1. The van der Waals surface area contributed by atoms with Gasteiger partial charge in [0.1, 0.15) is 6.61 Å². The molecule has 2 aliphatic rings. The van der Waals surface area contributed by atoms with Crippen molar-refractivity contribution in [3.63, 3.8) is 0 Å². The summed E-state index contributed by atoms with van der Waals surface area (Å²) in [6.45, 7) is 7.59. The fourth-order valence-electron chi connectivity index (χ4n) is 5.11. The van der Waals surface area contributed by atoms with Crippen molar-refractivity contribution in [3.05, 3.63) is 47.9 Å². The molecule has 1 saturated carbocycles. The first-order chi connectivity index (χ1) is 17.0. The van der Waals surface area contributed by atoms with Gasteiger partial charge in [0.15, 0.2) is 0 Å². The number of ether oxygens (including phenoxy) is 1. The van der Waals surface area contributed by atoms with Gasteiger partial charge in [0.2, 0.25) is 17.7 Å². The Balaban J connectivity index is 1.26. The standard InChI is InChI=1S/C28H39FN4O2/c1-21(23-6-4-3-5-7-23)30-26(34)20-22-8-10-24(11-9-22)25-12-13-27(31-28(25)29)35-19-18-33-16-14-32(2)15-17-33/h8-13,21,23H,3-7,14-20H2,1-2H3,(H,30,34)/t21-/m0/s1. The van der Waals surface area contributed by atoms with Crippen LogP contribution in [0.25, 0.3) is 11.1 Å². The summed E-state index contributed by atoms with van der Waals surface area (Å²) in [6, 6.07) is 11.1. The highest BCUT2D eigenvalue weighted by molar-refractivity contribution is 5.79. The topological polar surface area (TPSA) is 57.7 Å². The first-order valence-electron chi connectivity index (χ1n) is 13.1. The molecule has 1 aromatic carbocycles. The van der Waals surface area contributed by atoms with Gasteiger partial charge in [-0.3, -0.25) is 9.69 Å². The number of carbonyl (C=O) groups excluding carboxylic acids is 1. The Morgan fingerprint density at radius 2 is 1.80 bits per heavy atom. The number of piperazine rings is 1. The molecule has 190 valence electrons. The van der Waals surface area contributed by atoms with Crippen molar-refractivity contribution in [3.8, 4) is 17.0 Å². The van der Waals surface area contributed by atoms with Gasteiger partial charge in [-0.1, -0.05) is 43.5 Å². The second kappa shape index (κ2) is 12.5. The zero-order valence-electron chi connectivity index (χ0n) is 21.1. The molecule has 6 nitrogen and oxygen atoms in total. The van der Waals surface area contributed by atoms with E-state index in [2.05, 4.69) is 34.1 Å². The number of hydrogen-bond acceptors (Lipinski definition) is 5. The third-order valence-electron chi connectivity index (χ3n) is 7.45. The third kappa shape index (κ3) is 7.48. The summed E-state index contributed by atoms with van der Waals surface area (Å²) in [4.78, 5) is 21.2. The van der Waals surface area contributed by atoms with Crippen LogP contribution in [0.2, 0.25) is 0 Å². The Labute approximate surface area is 208 Å². The summed E-state index contributed by atoms with van der Waals surface area (Å²) in [6.07, 6.45) is 6.58. The lowest BCUT2D eigenvalue weighted by Gasteiger charge is -2.32. The second-order valence-corrected chi connectivity index (χ2v) is 10.1. The molecule has 1 aliphatic carbocycles. The van der Waals surface area contributed by atoms with Gasteiger partial charge in [0.25, 0.3) is 0 Å². The predicted octanol–water partition coefficient (Wildman–Crippen LogP) is 4.14. The Kier molecular flexibility index (Phi) is 9.10. The second-order valence-electron chi connectivity index (χ2n) is 10.1. The van der Waals surface area contributed by atoms with Crippen LogP contribution in [0.4, 0.5) is 4.39 Å². The van der Waals surface area contributed by atoms with Crippen LogP contribution in [-0.4, -0.2) is 73.1 Å². The molecule has 4 rings (SSSR count). The molecule has 0 bridgehead atoms. The maximum Gasteiger partial charge on any atom is 0.224 e. The molecule has 7 heteroatoms. The zero-order valence-corrected chi connectivity index (χ0v) is 21.1. The smallest absolute Gasteiger partial charge is 0.224 e. The molecular formula is C28H39FN4O2. The number of aromatic nitrogens is 1. The zero-order chi connectivity index (χ0) is 24.6. The molecule has 0 unspecified atom stereocenters. The predicted molar refractivity (Wildman–Crippen MR) is 137 cm³/mol. The summed E-state index contributed by atoms with van der Waals surface area (Å²) in [5, 5.41) is 3.17. The number of halogens is 1. The van der Waals surface area contributed by atoms with E-state index in [9.17, 15) is 9.18 Å². The third-order valence-corrected chi connectivity index (χ3v) is 7.45. The van der Waals surface area contributed by atoms with E-state index < -0.39 is 5.95 Å². The first kappa shape index (κ1) is 25.6. The lowest BCUT2D eigenvalue weighted by atomic mass is 9.84. The van der Waals surface area contributed by atoms with E-state index >= 15 is 0 Å². The quantitative estimate of drug-likeness (QED) is 0.545. The van der Waals surface area contributed by atoms with Gasteiger partial charge in [-0.05, 0) is 49.9 Å². The normalized spacial score (nSPS) is 18.8. The van der Waals surface area contributed by atoms with Gasteiger partial charge in [-0.15, -0.1) is 0 Å². The van der Waals surface area contributed by atoms with E-state index in [0.29, 0.717) is 30.4 Å². The van der Waals surface area contributed by atoms with Crippen molar-refractivity contribution < 1.29 is 13.9 Å². The fourth-order valence-corrected chi connectivity index (χ4v) is 5.11. The van der Waals surface area contributed by atoms with Crippen molar-refractivity contribution in [2.24, 2.45) is 5.92 Å². The lowest BCUT2D eigenvalue weighted by molar-refractivity contribution is -0.121. The highest BCUT2D eigenvalue weighted by atomic mass is 19.1. The van der Waals surface area contributed by atoms with Crippen LogP contribution in [0.5, 0.6) is 5.88 Å². The highest BCUT2D eigenvalue weighted by Gasteiger charge is 2.21. The lowest BCUT2D eigenvalue weighted by Crippen LogP contribution is -2.45. The Morgan fingerprint density at radius 1 is 1.09 bits per heavy atom. The van der Waals surface area contributed by atoms with E-state index in [4.69, 9.17) is 4.74 Å². The maximum absolute atomic E-state index is 14.7. The summed E-state index contributed by atoms with van der Waals surface area (Å²) >= 11 is 0. The molecular weight excluding hydrogens is 443 g/mol. The average Bonchev–Trinajstić information content (AvgIpc) is 2.86. The number of nitrogens with zero attached hydrogens (tertiary/aromatic N) is 3. The minimum absolute atomic E-state index is 0.0433. The van der Waals surface area contributed by atoms with Gasteiger partial charge in [-0.25, -0.2) is 0 Å². The summed E-state index contributed by atoms with van der Waals surface area (Å²) in [5.74, 6) is 0.390. The van der Waals surface area contributed by atoms with Crippen molar-refractivity contribution in [2.45, 2.75) is 51.5 Å². The molecule has 2 heterocycles. The van der Waals surface area contributed by atoms with Gasteiger partial charge in [-0.2, -0.15) is 9.37 Å².